The van der Waals surface area contributed by atoms with Crippen LogP contribution in [0.25, 0.3) is 22.1 Å². The van der Waals surface area contributed by atoms with Crippen LogP contribution in [0.2, 0.25) is 0 Å². The van der Waals surface area contributed by atoms with Crippen molar-refractivity contribution in [2.24, 2.45) is 5.92 Å². The Kier molecular flexibility index (Phi) is 6.36. The molecule has 3 aromatic rings. The van der Waals surface area contributed by atoms with Gasteiger partial charge >= 0.3 is 0 Å². The predicted octanol–water partition coefficient (Wildman–Crippen LogP) is 4.89. The molecule has 0 radical (unpaired) electrons. The van der Waals surface area contributed by atoms with E-state index in [1.54, 1.807) is 32.6 Å². The van der Waals surface area contributed by atoms with Crippen molar-refractivity contribution in [3.8, 4) is 28.4 Å². The van der Waals surface area contributed by atoms with E-state index in [9.17, 15) is 4.79 Å². The maximum Gasteiger partial charge on any atom is 0.200 e. The van der Waals surface area contributed by atoms with Crippen molar-refractivity contribution >= 4 is 11.0 Å². The Labute approximate surface area is 211 Å². The molecule has 0 saturated carbocycles. The topological polar surface area (TPSA) is 64.4 Å². The van der Waals surface area contributed by atoms with Gasteiger partial charge in [0.25, 0.3) is 0 Å². The van der Waals surface area contributed by atoms with Gasteiger partial charge in [0.15, 0.2) is 11.5 Å². The molecule has 7 heteroatoms. The van der Waals surface area contributed by atoms with E-state index in [4.69, 9.17) is 18.6 Å². The predicted molar refractivity (Wildman–Crippen MR) is 139 cm³/mol. The van der Waals surface area contributed by atoms with E-state index in [1.165, 1.54) is 45.2 Å². The van der Waals surface area contributed by atoms with Gasteiger partial charge in [0.05, 0.1) is 30.7 Å². The minimum absolute atomic E-state index is 0.0616. The summed E-state index contributed by atoms with van der Waals surface area (Å²) in [7, 11) is 3.18. The Balaban J connectivity index is 1.29. The zero-order valence-electron chi connectivity index (χ0n) is 21.1. The van der Waals surface area contributed by atoms with E-state index in [2.05, 4.69) is 9.80 Å². The molecule has 2 fully saturated rings. The summed E-state index contributed by atoms with van der Waals surface area (Å²) in [4.78, 5) is 18.6. The largest absolute Gasteiger partial charge is 0.493 e. The summed E-state index contributed by atoms with van der Waals surface area (Å²) in [5, 5.41) is 0.572. The van der Waals surface area contributed by atoms with E-state index >= 15 is 0 Å². The second-order valence-corrected chi connectivity index (χ2v) is 10.3. The zero-order chi connectivity index (χ0) is 24.6. The Bertz CT molecular complexity index is 1320. The fourth-order valence-corrected chi connectivity index (χ4v) is 6.40. The molecule has 190 valence electrons. The van der Waals surface area contributed by atoms with Gasteiger partial charge in [-0.1, -0.05) is 12.5 Å². The lowest BCUT2D eigenvalue weighted by molar-refractivity contribution is 0.0146. The van der Waals surface area contributed by atoms with Crippen LogP contribution in [0.1, 0.15) is 37.7 Å². The molecule has 4 heterocycles. The fraction of sp³-hybridized carbons (Fsp3) is 0.483. The normalized spacial score (nSPS) is 22.5. The Morgan fingerprint density at radius 2 is 1.86 bits per heavy atom. The number of nitrogens with zero attached hydrogens (tertiary/aromatic N) is 2. The van der Waals surface area contributed by atoms with Gasteiger partial charge in [-0.05, 0) is 74.5 Å². The van der Waals surface area contributed by atoms with E-state index in [0.717, 1.165) is 30.0 Å². The minimum Gasteiger partial charge on any atom is -0.493 e. The third-order valence-electron chi connectivity index (χ3n) is 8.20. The monoisotopic (exact) mass is 490 g/mol. The third kappa shape index (κ3) is 4.14. The number of fused-ring (bicyclic) bond motifs is 4. The van der Waals surface area contributed by atoms with Crippen LogP contribution >= 0.6 is 0 Å². The van der Waals surface area contributed by atoms with Gasteiger partial charge in [0, 0.05) is 19.1 Å². The van der Waals surface area contributed by atoms with Crippen LogP contribution in [0.15, 0.2) is 45.8 Å². The van der Waals surface area contributed by atoms with Crippen molar-refractivity contribution in [3.05, 3.63) is 52.4 Å². The number of piperidine rings is 2. The van der Waals surface area contributed by atoms with E-state index in [-0.39, 0.29) is 5.43 Å². The molecule has 6 rings (SSSR count). The van der Waals surface area contributed by atoms with Crippen molar-refractivity contribution in [3.63, 3.8) is 0 Å². The molecule has 2 unspecified atom stereocenters. The summed E-state index contributed by atoms with van der Waals surface area (Å²) >= 11 is 0. The highest BCUT2D eigenvalue weighted by atomic mass is 16.5. The van der Waals surface area contributed by atoms with Crippen molar-refractivity contribution in [2.75, 3.05) is 40.6 Å². The summed E-state index contributed by atoms with van der Waals surface area (Å²) in [6, 6.07) is 9.88. The summed E-state index contributed by atoms with van der Waals surface area (Å²) in [5.74, 6) is 2.67. The molecule has 0 spiro atoms. The van der Waals surface area contributed by atoms with Gasteiger partial charge in [0.1, 0.15) is 24.3 Å². The molecule has 0 N–H and O–H groups in total. The molecule has 3 aliphatic rings. The average molecular weight is 491 g/mol. The van der Waals surface area contributed by atoms with E-state index < -0.39 is 0 Å². The molecule has 1 aromatic heterocycles. The van der Waals surface area contributed by atoms with Crippen LogP contribution < -0.4 is 19.6 Å². The number of rotatable bonds is 5. The van der Waals surface area contributed by atoms with Crippen molar-refractivity contribution in [2.45, 2.75) is 44.7 Å². The zero-order valence-corrected chi connectivity index (χ0v) is 21.1. The van der Waals surface area contributed by atoms with Gasteiger partial charge in [-0.15, -0.1) is 0 Å². The lowest BCUT2D eigenvalue weighted by Gasteiger charge is -2.46. The van der Waals surface area contributed by atoms with Gasteiger partial charge in [-0.25, -0.2) is 0 Å². The molecule has 2 atom stereocenters. The number of methoxy groups -OCH3 is 2. The molecule has 2 aromatic carbocycles. The number of hydrogen-bond acceptors (Lipinski definition) is 7. The molecule has 7 nitrogen and oxygen atoms in total. The van der Waals surface area contributed by atoms with Gasteiger partial charge in [0.2, 0.25) is 5.43 Å². The number of benzene rings is 2. The first-order valence-electron chi connectivity index (χ1n) is 13.0. The second-order valence-electron chi connectivity index (χ2n) is 10.3. The maximum atomic E-state index is 13.5. The standard InChI is InChI=1S/C29H34N2O5/c1-33-26-10-8-19(14-27(26)34-2)23-17-35-29-21(28(23)32)9-11-25-22(29)16-30(18-36-25)15-20-6-5-13-31-12-4-3-7-24(20)31/h8-11,14,17,20,24H,3-7,12-13,15-16,18H2,1-2H3. The maximum absolute atomic E-state index is 13.5. The lowest BCUT2D eigenvalue weighted by Crippen LogP contribution is -2.51. The highest BCUT2D eigenvalue weighted by Crippen LogP contribution is 2.36. The van der Waals surface area contributed by atoms with Crippen LogP contribution in [0, 0.1) is 5.92 Å². The van der Waals surface area contributed by atoms with Gasteiger partial charge in [-0.2, -0.15) is 0 Å². The van der Waals surface area contributed by atoms with Crippen molar-refractivity contribution in [1.29, 1.82) is 0 Å². The molecular weight excluding hydrogens is 456 g/mol. The van der Waals surface area contributed by atoms with Crippen LogP contribution in [-0.2, 0) is 6.54 Å². The molecule has 0 amide bonds. The van der Waals surface area contributed by atoms with E-state index in [0.29, 0.717) is 46.7 Å². The molecule has 2 saturated heterocycles. The molecule has 0 aliphatic carbocycles. The quantitative estimate of drug-likeness (QED) is 0.504. The summed E-state index contributed by atoms with van der Waals surface area (Å²) < 4.78 is 23.1. The van der Waals surface area contributed by atoms with Crippen LogP contribution in [-0.4, -0.2) is 56.4 Å². The Morgan fingerprint density at radius 3 is 2.72 bits per heavy atom. The molecular formula is C29H34N2O5. The minimum atomic E-state index is -0.0616. The lowest BCUT2D eigenvalue weighted by atomic mass is 9.83. The third-order valence-corrected chi connectivity index (χ3v) is 8.20. The summed E-state index contributed by atoms with van der Waals surface area (Å²) in [5.41, 5.74) is 2.75. The molecule has 3 aliphatic heterocycles. The Morgan fingerprint density at radius 1 is 1.00 bits per heavy atom. The van der Waals surface area contributed by atoms with Crippen molar-refractivity contribution in [1.82, 2.24) is 9.80 Å². The summed E-state index contributed by atoms with van der Waals surface area (Å²) in [6.07, 6.45) is 8.11. The first-order chi connectivity index (χ1) is 17.7. The van der Waals surface area contributed by atoms with Gasteiger partial charge in [-0.3, -0.25) is 9.69 Å². The fourth-order valence-electron chi connectivity index (χ4n) is 6.40. The van der Waals surface area contributed by atoms with Gasteiger partial charge < -0.3 is 23.5 Å². The smallest absolute Gasteiger partial charge is 0.200 e. The van der Waals surface area contributed by atoms with Crippen molar-refractivity contribution < 1.29 is 18.6 Å². The number of hydrogen-bond donors (Lipinski definition) is 0. The van der Waals surface area contributed by atoms with Crippen LogP contribution in [0.3, 0.4) is 0 Å². The first kappa shape index (κ1) is 23.4. The average Bonchev–Trinajstić information content (AvgIpc) is 2.93. The highest BCUT2D eigenvalue weighted by molar-refractivity contribution is 5.86. The molecule has 36 heavy (non-hydrogen) atoms. The molecule has 0 bridgehead atoms. The number of ether oxygens (including phenoxy) is 3. The highest BCUT2D eigenvalue weighted by Gasteiger charge is 2.35. The second kappa shape index (κ2) is 9.79. The van der Waals surface area contributed by atoms with E-state index in [1.807, 2.05) is 18.2 Å². The van der Waals surface area contributed by atoms with Crippen LogP contribution in [0.5, 0.6) is 17.2 Å². The van der Waals surface area contributed by atoms with Crippen LogP contribution in [0.4, 0.5) is 0 Å². The SMILES string of the molecule is COc1ccc(-c2coc3c4c(ccc3c2=O)OCN(CC2CCCN3CCCCC23)C4)cc1OC. The summed E-state index contributed by atoms with van der Waals surface area (Å²) in [6.45, 7) is 4.83. The first-order valence-corrected chi connectivity index (χ1v) is 13.0. The Hall–Kier alpha value is -3.03.